The summed E-state index contributed by atoms with van der Waals surface area (Å²) in [6.45, 7) is 24.4. The third-order valence-corrected chi connectivity index (χ3v) is 13.2. The number of anilines is 3. The largest absolute Gasteiger partial charge is 0.310 e. The molecule has 0 aliphatic heterocycles. The van der Waals surface area contributed by atoms with Crippen LogP contribution in [0.2, 0.25) is 0 Å². The van der Waals surface area contributed by atoms with Gasteiger partial charge in [-0.05, 0) is 128 Å². The molecule has 0 saturated carbocycles. The second-order valence-corrected chi connectivity index (χ2v) is 18.8. The van der Waals surface area contributed by atoms with Crippen LogP contribution in [0.4, 0.5) is 17.1 Å². The van der Waals surface area contributed by atoms with Gasteiger partial charge in [0.25, 0.3) is 0 Å². The smallest absolute Gasteiger partial charge is 0.0543 e. The standard InChI is InChI=1S/C49H55N/c1-45(2)25-26-47(5,6)41-29-32(23-24-38(41)45)35-30-36-34-19-14-15-20-37(34)49(9,10)40(36)31-43(35)50(33-17-12-11-13-18-33)42-22-16-21-39-44(42)48(7,8)28-27-46(39,3)4/h11-24,29-31H,25-28H2,1-10H3. The van der Waals surface area contributed by atoms with Crippen LogP contribution in [0.15, 0.2) is 103 Å². The summed E-state index contributed by atoms with van der Waals surface area (Å²) in [5.41, 5.74) is 18.3. The molecule has 0 heterocycles. The zero-order valence-corrected chi connectivity index (χ0v) is 32.1. The molecular formula is C49H55N. The van der Waals surface area contributed by atoms with Gasteiger partial charge in [0.15, 0.2) is 0 Å². The van der Waals surface area contributed by atoms with Gasteiger partial charge in [0.05, 0.1) is 11.4 Å². The molecule has 0 saturated heterocycles. The van der Waals surface area contributed by atoms with Gasteiger partial charge in [-0.1, -0.05) is 142 Å². The van der Waals surface area contributed by atoms with Crippen LogP contribution in [0.3, 0.4) is 0 Å². The molecule has 1 heteroatoms. The predicted octanol–water partition coefficient (Wildman–Crippen LogP) is 13.8. The first kappa shape index (κ1) is 33.1. The molecule has 1 nitrogen and oxygen atoms in total. The summed E-state index contributed by atoms with van der Waals surface area (Å²) in [5, 5.41) is 0. The van der Waals surface area contributed by atoms with Gasteiger partial charge in [0.1, 0.15) is 0 Å². The van der Waals surface area contributed by atoms with Crippen LogP contribution >= 0.6 is 0 Å². The van der Waals surface area contributed by atoms with E-state index in [2.05, 4.69) is 177 Å². The molecule has 0 unspecified atom stereocenters. The van der Waals surface area contributed by atoms with Crippen molar-refractivity contribution in [3.8, 4) is 22.3 Å². The van der Waals surface area contributed by atoms with E-state index in [4.69, 9.17) is 0 Å². The van der Waals surface area contributed by atoms with Gasteiger partial charge in [0, 0.05) is 16.7 Å². The summed E-state index contributed by atoms with van der Waals surface area (Å²) in [5.74, 6) is 0. The Morgan fingerprint density at radius 2 is 1.00 bits per heavy atom. The summed E-state index contributed by atoms with van der Waals surface area (Å²) >= 11 is 0. The third kappa shape index (κ3) is 4.94. The molecule has 0 fully saturated rings. The zero-order chi connectivity index (χ0) is 35.4. The van der Waals surface area contributed by atoms with Crippen LogP contribution in [0.25, 0.3) is 22.3 Å². The Kier molecular flexibility index (Phi) is 7.24. The van der Waals surface area contributed by atoms with E-state index in [1.165, 1.54) is 98.4 Å². The van der Waals surface area contributed by atoms with Crippen molar-refractivity contribution < 1.29 is 0 Å². The average molecular weight is 658 g/mol. The van der Waals surface area contributed by atoms with Crippen molar-refractivity contribution in [2.24, 2.45) is 0 Å². The maximum Gasteiger partial charge on any atom is 0.0543 e. The normalized spacial score (nSPS) is 19.9. The molecule has 0 aromatic heterocycles. The molecule has 256 valence electrons. The number of para-hydroxylation sites is 1. The van der Waals surface area contributed by atoms with E-state index >= 15 is 0 Å². The fourth-order valence-corrected chi connectivity index (χ4v) is 9.78. The van der Waals surface area contributed by atoms with Crippen molar-refractivity contribution in [1.29, 1.82) is 0 Å². The van der Waals surface area contributed by atoms with E-state index in [0.717, 1.165) is 0 Å². The monoisotopic (exact) mass is 657 g/mol. The predicted molar refractivity (Wildman–Crippen MR) is 215 cm³/mol. The molecule has 0 N–H and O–H groups in total. The second kappa shape index (κ2) is 10.9. The number of benzene rings is 5. The Morgan fingerprint density at radius 3 is 1.72 bits per heavy atom. The average Bonchev–Trinajstić information content (AvgIpc) is 3.31. The fraction of sp³-hybridized carbons (Fsp3) is 0.388. The van der Waals surface area contributed by atoms with Crippen molar-refractivity contribution in [2.45, 2.75) is 122 Å². The van der Waals surface area contributed by atoms with Crippen molar-refractivity contribution in [3.05, 3.63) is 137 Å². The highest BCUT2D eigenvalue weighted by Gasteiger charge is 2.42. The number of hydrogen-bond acceptors (Lipinski definition) is 1. The van der Waals surface area contributed by atoms with Crippen LogP contribution in [0, 0.1) is 0 Å². The summed E-state index contributed by atoms with van der Waals surface area (Å²) in [7, 11) is 0. The maximum atomic E-state index is 2.62. The third-order valence-electron chi connectivity index (χ3n) is 13.2. The van der Waals surface area contributed by atoms with Crippen LogP contribution in [-0.4, -0.2) is 0 Å². The van der Waals surface area contributed by atoms with E-state index in [1.807, 2.05) is 0 Å². The van der Waals surface area contributed by atoms with Crippen molar-refractivity contribution in [3.63, 3.8) is 0 Å². The van der Waals surface area contributed by atoms with Crippen LogP contribution in [0.5, 0.6) is 0 Å². The van der Waals surface area contributed by atoms with Crippen LogP contribution in [0.1, 0.15) is 128 Å². The van der Waals surface area contributed by atoms with E-state index < -0.39 is 0 Å². The molecule has 0 atom stereocenters. The molecule has 0 radical (unpaired) electrons. The zero-order valence-electron chi connectivity index (χ0n) is 32.1. The summed E-state index contributed by atoms with van der Waals surface area (Å²) in [6, 6.07) is 39.9. The first-order chi connectivity index (χ1) is 23.5. The first-order valence-corrected chi connectivity index (χ1v) is 19.0. The minimum Gasteiger partial charge on any atom is -0.310 e. The minimum atomic E-state index is -0.110. The summed E-state index contributed by atoms with van der Waals surface area (Å²) in [4.78, 5) is 2.62. The quantitative estimate of drug-likeness (QED) is 0.186. The lowest BCUT2D eigenvalue weighted by atomic mass is 9.62. The minimum absolute atomic E-state index is 0.0439. The van der Waals surface area contributed by atoms with Gasteiger partial charge < -0.3 is 4.90 Å². The molecule has 8 rings (SSSR count). The lowest BCUT2D eigenvalue weighted by Gasteiger charge is -2.45. The van der Waals surface area contributed by atoms with Crippen molar-refractivity contribution >= 4 is 17.1 Å². The van der Waals surface area contributed by atoms with Gasteiger partial charge in [-0.25, -0.2) is 0 Å². The van der Waals surface area contributed by atoms with Gasteiger partial charge in [-0.2, -0.15) is 0 Å². The van der Waals surface area contributed by atoms with Gasteiger partial charge in [0.2, 0.25) is 0 Å². The molecule has 0 amide bonds. The van der Waals surface area contributed by atoms with E-state index in [9.17, 15) is 0 Å². The SMILES string of the molecule is CC1(C)CCC(C)(C)c2cc(-c3cc4c(cc3N(c3ccccc3)c3cccc5c3C(C)(C)CCC5(C)C)C(C)(C)c3ccccc3-4)ccc21. The highest BCUT2D eigenvalue weighted by Crippen LogP contribution is 2.57. The Hall–Kier alpha value is -4.10. The molecule has 5 aromatic rings. The van der Waals surface area contributed by atoms with Crippen molar-refractivity contribution in [1.82, 2.24) is 0 Å². The molecule has 3 aliphatic carbocycles. The van der Waals surface area contributed by atoms with Gasteiger partial charge >= 0.3 is 0 Å². The number of nitrogens with zero attached hydrogens (tertiary/aromatic N) is 1. The molecule has 0 spiro atoms. The van der Waals surface area contributed by atoms with Crippen LogP contribution < -0.4 is 4.90 Å². The van der Waals surface area contributed by atoms with E-state index in [1.54, 1.807) is 0 Å². The Bertz CT molecular complexity index is 2140. The van der Waals surface area contributed by atoms with E-state index in [-0.39, 0.29) is 27.1 Å². The highest BCUT2D eigenvalue weighted by molar-refractivity contribution is 5.95. The lowest BCUT2D eigenvalue weighted by Crippen LogP contribution is -2.35. The molecule has 3 aliphatic rings. The summed E-state index contributed by atoms with van der Waals surface area (Å²) in [6.07, 6.45) is 4.78. The number of fused-ring (bicyclic) bond motifs is 5. The number of rotatable bonds is 4. The second-order valence-electron chi connectivity index (χ2n) is 18.8. The van der Waals surface area contributed by atoms with Crippen molar-refractivity contribution in [2.75, 3.05) is 4.90 Å². The van der Waals surface area contributed by atoms with Gasteiger partial charge in [-0.15, -0.1) is 0 Å². The maximum absolute atomic E-state index is 2.62. The fourth-order valence-electron chi connectivity index (χ4n) is 9.78. The molecule has 5 aromatic carbocycles. The van der Waals surface area contributed by atoms with E-state index in [0.29, 0.717) is 0 Å². The van der Waals surface area contributed by atoms with Gasteiger partial charge in [-0.3, -0.25) is 0 Å². The van der Waals surface area contributed by atoms with Crippen LogP contribution in [-0.2, 0) is 27.1 Å². The highest BCUT2D eigenvalue weighted by atomic mass is 15.1. The first-order valence-electron chi connectivity index (χ1n) is 19.0. The molecule has 0 bridgehead atoms. The summed E-state index contributed by atoms with van der Waals surface area (Å²) < 4.78 is 0. The Labute approximate surface area is 301 Å². The molecule has 50 heavy (non-hydrogen) atoms. The number of hydrogen-bond donors (Lipinski definition) is 0. The topological polar surface area (TPSA) is 3.24 Å². The molecular weight excluding hydrogens is 603 g/mol. The Morgan fingerprint density at radius 1 is 0.400 bits per heavy atom. The Balaban J connectivity index is 1.48. The lowest BCUT2D eigenvalue weighted by molar-refractivity contribution is 0.332.